The Morgan fingerprint density at radius 3 is 2.46 bits per heavy atom. The first-order chi connectivity index (χ1) is 6.15. The van der Waals surface area contributed by atoms with Crippen molar-refractivity contribution < 1.29 is 10.2 Å². The van der Waals surface area contributed by atoms with Gasteiger partial charge < -0.3 is 10.2 Å². The van der Waals surface area contributed by atoms with Crippen LogP contribution in [0, 0.1) is 13.8 Å². The standard InChI is InChI=1S/C11H16O2/c1-8-6-9(2)10(4-3-5-12)11(13)7-8/h6-7,12-13H,3-5H2,1-2H3. The summed E-state index contributed by atoms with van der Waals surface area (Å²) in [6.45, 7) is 4.12. The molecule has 0 atom stereocenters. The molecule has 2 N–H and O–H groups in total. The van der Waals surface area contributed by atoms with Crippen LogP contribution in [0.5, 0.6) is 5.75 Å². The van der Waals surface area contributed by atoms with Crippen LogP contribution in [0.15, 0.2) is 12.1 Å². The van der Waals surface area contributed by atoms with E-state index < -0.39 is 0 Å². The maximum absolute atomic E-state index is 9.62. The molecule has 0 aromatic heterocycles. The van der Waals surface area contributed by atoms with Gasteiger partial charge in [0, 0.05) is 6.61 Å². The fourth-order valence-corrected chi connectivity index (χ4v) is 1.56. The number of aliphatic hydroxyl groups is 1. The van der Waals surface area contributed by atoms with Gasteiger partial charge in [0.25, 0.3) is 0 Å². The van der Waals surface area contributed by atoms with Gasteiger partial charge in [-0.1, -0.05) is 6.07 Å². The minimum Gasteiger partial charge on any atom is -0.508 e. The van der Waals surface area contributed by atoms with E-state index in [-0.39, 0.29) is 6.61 Å². The highest BCUT2D eigenvalue weighted by atomic mass is 16.3. The van der Waals surface area contributed by atoms with Crippen molar-refractivity contribution in [2.24, 2.45) is 0 Å². The van der Waals surface area contributed by atoms with E-state index in [0.29, 0.717) is 12.2 Å². The van der Waals surface area contributed by atoms with Crippen LogP contribution in [0.3, 0.4) is 0 Å². The van der Waals surface area contributed by atoms with Crippen molar-refractivity contribution in [3.63, 3.8) is 0 Å². The average Bonchev–Trinajstić information content (AvgIpc) is 2.02. The van der Waals surface area contributed by atoms with E-state index in [1.807, 2.05) is 19.9 Å². The molecule has 1 aromatic carbocycles. The monoisotopic (exact) mass is 180 g/mol. The summed E-state index contributed by atoms with van der Waals surface area (Å²) in [4.78, 5) is 0. The van der Waals surface area contributed by atoms with Crippen molar-refractivity contribution >= 4 is 0 Å². The maximum atomic E-state index is 9.62. The highest BCUT2D eigenvalue weighted by Gasteiger charge is 2.04. The molecule has 0 unspecified atom stereocenters. The summed E-state index contributed by atoms with van der Waals surface area (Å²) in [5.74, 6) is 0.353. The summed E-state index contributed by atoms with van der Waals surface area (Å²) in [6.07, 6.45) is 1.45. The molecular weight excluding hydrogens is 164 g/mol. The van der Waals surface area contributed by atoms with Crippen LogP contribution in [-0.4, -0.2) is 16.8 Å². The SMILES string of the molecule is Cc1cc(C)c(CCCO)c(O)c1. The first kappa shape index (κ1) is 10.1. The summed E-state index contributed by atoms with van der Waals surface area (Å²) in [5.41, 5.74) is 3.13. The van der Waals surface area contributed by atoms with Crippen LogP contribution >= 0.6 is 0 Å². The van der Waals surface area contributed by atoms with Crippen LogP contribution in [-0.2, 0) is 6.42 Å². The Bertz CT molecular complexity index is 269. The van der Waals surface area contributed by atoms with E-state index in [0.717, 1.165) is 23.1 Å². The number of phenolic OH excluding ortho intramolecular Hbond substituents is 1. The smallest absolute Gasteiger partial charge is 0.119 e. The Morgan fingerprint density at radius 1 is 1.23 bits per heavy atom. The number of phenols is 1. The molecule has 0 radical (unpaired) electrons. The van der Waals surface area contributed by atoms with Crippen molar-refractivity contribution in [3.05, 3.63) is 28.8 Å². The Hall–Kier alpha value is -1.02. The summed E-state index contributed by atoms with van der Waals surface area (Å²) >= 11 is 0. The minimum atomic E-state index is 0.173. The normalized spacial score (nSPS) is 10.4. The summed E-state index contributed by atoms with van der Waals surface area (Å²) in [7, 11) is 0. The Kier molecular flexibility index (Phi) is 3.32. The molecule has 72 valence electrons. The lowest BCUT2D eigenvalue weighted by molar-refractivity contribution is 0.288. The molecule has 0 amide bonds. The molecule has 0 aliphatic carbocycles. The van der Waals surface area contributed by atoms with Crippen LogP contribution < -0.4 is 0 Å². The predicted octanol–water partition coefficient (Wildman–Crippen LogP) is 1.93. The van der Waals surface area contributed by atoms with E-state index in [1.54, 1.807) is 6.07 Å². The first-order valence-corrected chi connectivity index (χ1v) is 4.55. The molecular formula is C11H16O2. The third-order valence-electron chi connectivity index (χ3n) is 2.18. The van der Waals surface area contributed by atoms with Crippen LogP contribution in [0.4, 0.5) is 0 Å². The first-order valence-electron chi connectivity index (χ1n) is 4.55. The van der Waals surface area contributed by atoms with Crippen molar-refractivity contribution in [1.82, 2.24) is 0 Å². The summed E-state index contributed by atoms with van der Waals surface area (Å²) in [6, 6.07) is 3.81. The molecule has 0 spiro atoms. The van der Waals surface area contributed by atoms with Gasteiger partial charge in [-0.25, -0.2) is 0 Å². The highest BCUT2D eigenvalue weighted by Crippen LogP contribution is 2.23. The topological polar surface area (TPSA) is 40.5 Å². The van der Waals surface area contributed by atoms with Crippen molar-refractivity contribution in [1.29, 1.82) is 0 Å². The lowest BCUT2D eigenvalue weighted by Gasteiger charge is -2.08. The van der Waals surface area contributed by atoms with Crippen LogP contribution in [0.2, 0.25) is 0 Å². The zero-order chi connectivity index (χ0) is 9.84. The molecule has 1 rings (SSSR count). The van der Waals surface area contributed by atoms with E-state index >= 15 is 0 Å². The molecule has 0 aliphatic rings. The van der Waals surface area contributed by atoms with Gasteiger partial charge >= 0.3 is 0 Å². The molecule has 13 heavy (non-hydrogen) atoms. The van der Waals surface area contributed by atoms with Crippen LogP contribution in [0.1, 0.15) is 23.1 Å². The van der Waals surface area contributed by atoms with Crippen molar-refractivity contribution in [3.8, 4) is 5.75 Å². The van der Waals surface area contributed by atoms with E-state index in [1.165, 1.54) is 0 Å². The number of aromatic hydroxyl groups is 1. The van der Waals surface area contributed by atoms with Crippen LogP contribution in [0.25, 0.3) is 0 Å². The molecule has 0 fully saturated rings. The molecule has 0 heterocycles. The Morgan fingerprint density at radius 2 is 1.92 bits per heavy atom. The molecule has 2 nitrogen and oxygen atoms in total. The van der Waals surface area contributed by atoms with Gasteiger partial charge in [0.1, 0.15) is 5.75 Å². The van der Waals surface area contributed by atoms with Gasteiger partial charge in [0.15, 0.2) is 0 Å². The van der Waals surface area contributed by atoms with E-state index in [4.69, 9.17) is 5.11 Å². The predicted molar refractivity (Wildman–Crippen MR) is 53.0 cm³/mol. The lowest BCUT2D eigenvalue weighted by atomic mass is 10.0. The van der Waals surface area contributed by atoms with Crippen molar-refractivity contribution in [2.45, 2.75) is 26.7 Å². The summed E-state index contributed by atoms with van der Waals surface area (Å²) in [5, 5.41) is 18.3. The molecule has 0 saturated heterocycles. The van der Waals surface area contributed by atoms with Gasteiger partial charge in [0.05, 0.1) is 0 Å². The Labute approximate surface area is 78.8 Å². The zero-order valence-corrected chi connectivity index (χ0v) is 8.17. The molecule has 0 saturated carbocycles. The molecule has 1 aromatic rings. The number of benzene rings is 1. The lowest BCUT2D eigenvalue weighted by Crippen LogP contribution is -1.94. The van der Waals surface area contributed by atoms with Crippen molar-refractivity contribution in [2.75, 3.05) is 6.61 Å². The molecule has 0 bridgehead atoms. The van der Waals surface area contributed by atoms with Gasteiger partial charge in [-0.2, -0.15) is 0 Å². The molecule has 2 heteroatoms. The summed E-state index contributed by atoms with van der Waals surface area (Å²) < 4.78 is 0. The second-order valence-corrected chi connectivity index (χ2v) is 3.41. The third-order valence-corrected chi connectivity index (χ3v) is 2.18. The zero-order valence-electron chi connectivity index (χ0n) is 8.17. The number of hydrogen-bond acceptors (Lipinski definition) is 2. The fourth-order valence-electron chi connectivity index (χ4n) is 1.56. The molecule has 0 aliphatic heterocycles. The van der Waals surface area contributed by atoms with Gasteiger partial charge in [0.2, 0.25) is 0 Å². The third kappa shape index (κ3) is 2.46. The number of hydrogen-bond donors (Lipinski definition) is 2. The average molecular weight is 180 g/mol. The van der Waals surface area contributed by atoms with Gasteiger partial charge in [-0.3, -0.25) is 0 Å². The number of aliphatic hydroxyl groups excluding tert-OH is 1. The minimum absolute atomic E-state index is 0.173. The Balaban J connectivity index is 2.92. The number of aryl methyl sites for hydroxylation is 2. The highest BCUT2D eigenvalue weighted by molar-refractivity contribution is 5.42. The second-order valence-electron chi connectivity index (χ2n) is 3.41. The van der Waals surface area contributed by atoms with E-state index in [9.17, 15) is 5.11 Å². The van der Waals surface area contributed by atoms with Gasteiger partial charge in [-0.15, -0.1) is 0 Å². The largest absolute Gasteiger partial charge is 0.508 e. The number of rotatable bonds is 3. The maximum Gasteiger partial charge on any atom is 0.119 e. The second kappa shape index (κ2) is 4.28. The van der Waals surface area contributed by atoms with E-state index in [2.05, 4.69) is 0 Å². The van der Waals surface area contributed by atoms with Gasteiger partial charge in [-0.05, 0) is 49.4 Å². The fraction of sp³-hybridized carbons (Fsp3) is 0.455. The quantitative estimate of drug-likeness (QED) is 0.746.